The third-order valence-corrected chi connectivity index (χ3v) is 2.77. The van der Waals surface area contributed by atoms with Crippen molar-refractivity contribution in [2.45, 2.75) is 13.8 Å². The van der Waals surface area contributed by atoms with E-state index in [2.05, 4.69) is 5.10 Å². The number of aryl methyl sites for hydroxylation is 1. The first kappa shape index (κ1) is 13.8. The van der Waals surface area contributed by atoms with Gasteiger partial charge in [0.25, 0.3) is 0 Å². The van der Waals surface area contributed by atoms with E-state index in [1.54, 1.807) is 26.0 Å². The number of aromatic nitrogens is 2. The van der Waals surface area contributed by atoms with E-state index in [-0.39, 0.29) is 23.6 Å². The molecule has 0 saturated heterocycles. The number of aromatic hydroxyl groups is 1. The summed E-state index contributed by atoms with van der Waals surface area (Å²) in [4.78, 5) is 22.7. The molecule has 20 heavy (non-hydrogen) atoms. The van der Waals surface area contributed by atoms with Crippen molar-refractivity contribution in [2.75, 3.05) is 6.61 Å². The molecule has 0 radical (unpaired) electrons. The number of nitrogens with zero attached hydrogens (tertiary/aromatic N) is 2. The van der Waals surface area contributed by atoms with Crippen LogP contribution in [0, 0.1) is 6.92 Å². The molecular formula is C14H14N2O4. The summed E-state index contributed by atoms with van der Waals surface area (Å²) in [6.07, 6.45) is 2.02. The zero-order chi connectivity index (χ0) is 14.7. The second kappa shape index (κ2) is 5.56. The van der Waals surface area contributed by atoms with Gasteiger partial charge in [0.05, 0.1) is 17.9 Å². The zero-order valence-electron chi connectivity index (χ0n) is 11.2. The minimum atomic E-state index is -0.634. The summed E-state index contributed by atoms with van der Waals surface area (Å²) in [5, 5.41) is 13.5. The van der Waals surface area contributed by atoms with Gasteiger partial charge in [0.1, 0.15) is 5.75 Å². The van der Waals surface area contributed by atoms with Crippen molar-refractivity contribution in [3.05, 3.63) is 41.2 Å². The molecular weight excluding hydrogens is 260 g/mol. The average Bonchev–Trinajstić information content (AvgIpc) is 2.83. The quantitative estimate of drug-likeness (QED) is 0.680. The fourth-order valence-corrected chi connectivity index (χ4v) is 1.85. The van der Waals surface area contributed by atoms with Crippen LogP contribution < -0.4 is 0 Å². The summed E-state index contributed by atoms with van der Waals surface area (Å²) in [5.74, 6) is -0.496. The Morgan fingerprint density at radius 2 is 2.25 bits per heavy atom. The fourth-order valence-electron chi connectivity index (χ4n) is 1.85. The highest BCUT2D eigenvalue weighted by Crippen LogP contribution is 2.20. The summed E-state index contributed by atoms with van der Waals surface area (Å²) < 4.78 is 6.28. The van der Waals surface area contributed by atoms with Crippen molar-refractivity contribution < 1.29 is 19.4 Å². The topological polar surface area (TPSA) is 81.4 Å². The third-order valence-electron chi connectivity index (χ3n) is 2.77. The molecule has 6 heteroatoms. The van der Waals surface area contributed by atoms with Gasteiger partial charge in [-0.15, -0.1) is 0 Å². The molecule has 2 rings (SSSR count). The van der Waals surface area contributed by atoms with Crippen LogP contribution in [-0.2, 0) is 4.74 Å². The van der Waals surface area contributed by atoms with E-state index >= 15 is 0 Å². The Labute approximate surface area is 115 Å². The first-order chi connectivity index (χ1) is 9.56. The highest BCUT2D eigenvalue weighted by molar-refractivity contribution is 5.96. The molecule has 0 aliphatic rings. The van der Waals surface area contributed by atoms with Gasteiger partial charge in [-0.3, -0.25) is 4.79 Å². The number of hydrogen-bond donors (Lipinski definition) is 1. The Hall–Kier alpha value is -2.63. The maximum atomic E-state index is 11.7. The largest absolute Gasteiger partial charge is 0.508 e. The normalized spacial score (nSPS) is 10.3. The van der Waals surface area contributed by atoms with Gasteiger partial charge in [-0.25, -0.2) is 9.48 Å². The van der Waals surface area contributed by atoms with Crippen molar-refractivity contribution in [1.29, 1.82) is 0 Å². The summed E-state index contributed by atoms with van der Waals surface area (Å²) in [6, 6.07) is 4.73. The van der Waals surface area contributed by atoms with Crippen molar-refractivity contribution in [3.8, 4) is 11.4 Å². The van der Waals surface area contributed by atoms with Crippen LogP contribution >= 0.6 is 0 Å². The summed E-state index contributed by atoms with van der Waals surface area (Å²) in [5.41, 5.74) is 1.58. The van der Waals surface area contributed by atoms with Gasteiger partial charge in [-0.05, 0) is 37.6 Å². The maximum absolute atomic E-state index is 11.7. The molecule has 2 aromatic rings. The lowest BCUT2D eigenvalue weighted by Crippen LogP contribution is -2.08. The summed E-state index contributed by atoms with van der Waals surface area (Å²) in [6.45, 7) is 3.68. The number of esters is 1. The molecule has 0 fully saturated rings. The van der Waals surface area contributed by atoms with Gasteiger partial charge in [0.15, 0.2) is 12.0 Å². The minimum absolute atomic E-state index is 0.0191. The Morgan fingerprint density at radius 1 is 1.50 bits per heavy atom. The number of phenolic OH excluding ortho intramolecular Hbond substituents is 1. The molecule has 6 nitrogen and oxygen atoms in total. The number of carbonyl (C=O) groups excluding carboxylic acids is 2. The molecule has 0 aliphatic carbocycles. The van der Waals surface area contributed by atoms with Crippen LogP contribution in [0.1, 0.15) is 33.3 Å². The van der Waals surface area contributed by atoms with Crippen LogP contribution in [0.5, 0.6) is 5.75 Å². The lowest BCUT2D eigenvalue weighted by molar-refractivity contribution is 0.0517. The molecule has 0 amide bonds. The molecule has 0 bridgehead atoms. The van der Waals surface area contributed by atoms with E-state index in [0.29, 0.717) is 12.0 Å². The standard InChI is InChI=1S/C14H14N2O4/c1-3-20-14(19)13-10(8-17)7-16(15-13)12-5-4-11(18)6-9(12)2/h4-8,18H,3H2,1-2H3. The summed E-state index contributed by atoms with van der Waals surface area (Å²) >= 11 is 0. The van der Waals surface area contributed by atoms with Crippen LogP contribution in [0.3, 0.4) is 0 Å². The molecule has 1 aromatic carbocycles. The molecule has 0 atom stereocenters. The number of aldehydes is 1. The van der Waals surface area contributed by atoms with E-state index in [1.807, 2.05) is 0 Å². The van der Waals surface area contributed by atoms with Gasteiger partial charge in [0.2, 0.25) is 0 Å². The van der Waals surface area contributed by atoms with Gasteiger partial charge in [0, 0.05) is 6.20 Å². The Kier molecular flexibility index (Phi) is 3.84. The highest BCUT2D eigenvalue weighted by Gasteiger charge is 2.18. The van der Waals surface area contributed by atoms with Gasteiger partial charge in [-0.2, -0.15) is 5.10 Å². The van der Waals surface area contributed by atoms with Crippen molar-refractivity contribution in [3.63, 3.8) is 0 Å². The third kappa shape index (κ3) is 2.54. The Balaban J connectivity index is 2.48. The van der Waals surface area contributed by atoms with E-state index in [4.69, 9.17) is 4.74 Å². The van der Waals surface area contributed by atoms with Crippen LogP contribution in [0.2, 0.25) is 0 Å². The van der Waals surface area contributed by atoms with Crippen molar-refractivity contribution in [1.82, 2.24) is 9.78 Å². The maximum Gasteiger partial charge on any atom is 0.359 e. The Bertz CT molecular complexity index is 661. The van der Waals surface area contributed by atoms with E-state index in [9.17, 15) is 14.7 Å². The fraction of sp³-hybridized carbons (Fsp3) is 0.214. The molecule has 1 aromatic heterocycles. The van der Waals surface area contributed by atoms with Gasteiger partial charge >= 0.3 is 5.97 Å². The molecule has 0 unspecified atom stereocenters. The lowest BCUT2D eigenvalue weighted by atomic mass is 10.2. The SMILES string of the molecule is CCOC(=O)c1nn(-c2ccc(O)cc2C)cc1C=O. The first-order valence-electron chi connectivity index (χ1n) is 6.08. The van der Waals surface area contributed by atoms with Gasteiger partial charge in [-0.1, -0.05) is 0 Å². The number of carbonyl (C=O) groups is 2. The average molecular weight is 274 g/mol. The van der Waals surface area contributed by atoms with E-state index in [1.165, 1.54) is 16.9 Å². The van der Waals surface area contributed by atoms with Crippen LogP contribution in [0.25, 0.3) is 5.69 Å². The molecule has 1 heterocycles. The molecule has 0 aliphatic heterocycles. The van der Waals surface area contributed by atoms with E-state index in [0.717, 1.165) is 5.56 Å². The second-order valence-corrected chi connectivity index (χ2v) is 4.19. The molecule has 1 N–H and O–H groups in total. The first-order valence-corrected chi connectivity index (χ1v) is 6.08. The van der Waals surface area contributed by atoms with Crippen LogP contribution in [0.15, 0.2) is 24.4 Å². The number of ether oxygens (including phenoxy) is 1. The van der Waals surface area contributed by atoms with E-state index < -0.39 is 5.97 Å². The number of benzene rings is 1. The van der Waals surface area contributed by atoms with Crippen molar-refractivity contribution in [2.24, 2.45) is 0 Å². The second-order valence-electron chi connectivity index (χ2n) is 4.19. The highest BCUT2D eigenvalue weighted by atomic mass is 16.5. The predicted octanol–water partition coefficient (Wildman–Crippen LogP) is 1.88. The van der Waals surface area contributed by atoms with Crippen molar-refractivity contribution >= 4 is 12.3 Å². The van der Waals surface area contributed by atoms with Crippen LogP contribution in [0.4, 0.5) is 0 Å². The number of phenols is 1. The smallest absolute Gasteiger partial charge is 0.359 e. The summed E-state index contributed by atoms with van der Waals surface area (Å²) in [7, 11) is 0. The molecule has 104 valence electrons. The predicted molar refractivity (Wildman–Crippen MR) is 71.3 cm³/mol. The van der Waals surface area contributed by atoms with Crippen LogP contribution in [-0.4, -0.2) is 33.7 Å². The van der Waals surface area contributed by atoms with Gasteiger partial charge < -0.3 is 9.84 Å². The molecule has 0 spiro atoms. The number of hydrogen-bond acceptors (Lipinski definition) is 5. The Morgan fingerprint density at radius 3 is 2.85 bits per heavy atom. The number of rotatable bonds is 4. The lowest BCUT2D eigenvalue weighted by Gasteiger charge is -2.05. The minimum Gasteiger partial charge on any atom is -0.508 e. The monoisotopic (exact) mass is 274 g/mol. The molecule has 0 saturated carbocycles. The zero-order valence-corrected chi connectivity index (χ0v) is 11.2.